The highest BCUT2D eigenvalue weighted by atomic mass is 16.7. The van der Waals surface area contributed by atoms with Crippen LogP contribution in [0.5, 0.6) is 0 Å². The second-order valence-corrected chi connectivity index (χ2v) is 11.9. The molecule has 1 heterocycles. The van der Waals surface area contributed by atoms with E-state index in [2.05, 4.69) is 26.0 Å². The Morgan fingerprint density at radius 2 is 1.83 bits per heavy atom. The van der Waals surface area contributed by atoms with Crippen LogP contribution in [0.15, 0.2) is 23.3 Å². The number of aliphatic hydroxyl groups is 5. The number of hydrogen-bond acceptors (Lipinski definition) is 8. The van der Waals surface area contributed by atoms with Crippen LogP contribution in [0.1, 0.15) is 59.3 Å². The molecule has 5 aliphatic rings. The van der Waals surface area contributed by atoms with Crippen molar-refractivity contribution in [3.8, 4) is 0 Å². The predicted molar refractivity (Wildman–Crippen MR) is 126 cm³/mol. The number of ketones is 1. The Morgan fingerprint density at radius 3 is 2.51 bits per heavy atom. The molecule has 196 valence electrons. The van der Waals surface area contributed by atoms with Gasteiger partial charge in [-0.25, -0.2) is 0 Å². The van der Waals surface area contributed by atoms with Gasteiger partial charge < -0.3 is 35.0 Å². The molecule has 5 N–H and O–H groups in total. The molecule has 0 amide bonds. The molecule has 1 aliphatic heterocycles. The second kappa shape index (κ2) is 9.01. The zero-order valence-corrected chi connectivity index (χ0v) is 20.8. The number of allylic oxidation sites excluding steroid dienone is 3. The van der Waals surface area contributed by atoms with E-state index in [9.17, 15) is 30.3 Å². The van der Waals surface area contributed by atoms with E-state index >= 15 is 0 Å². The predicted octanol–water partition coefficient (Wildman–Crippen LogP) is 1.23. The van der Waals surface area contributed by atoms with Gasteiger partial charge in [0.25, 0.3) is 0 Å². The number of ether oxygens (including phenoxy) is 2. The van der Waals surface area contributed by atoms with Crippen molar-refractivity contribution in [1.82, 2.24) is 0 Å². The maximum absolute atomic E-state index is 12.3. The standard InChI is InChI=1S/C27H40O8/c1-13(29)17-6-7-18-16-5-4-14-10-15(34-25-24(33)23(32)22(31)20(12-28)35-25)11-21(30)27(14,3)19(16)8-9-26(17,18)2/h4,6,15-16,18-25,28,30-33H,5,7-12H2,1-3H3/t15-,16+,18+,19+,20-,21-,22-,23+,24-,25-,26-,27+/m1/s1. The van der Waals surface area contributed by atoms with Crippen LogP contribution in [0, 0.1) is 28.6 Å². The first-order chi connectivity index (χ1) is 16.5. The Balaban J connectivity index is 1.33. The molecule has 4 aliphatic carbocycles. The molecule has 0 aromatic carbocycles. The molecule has 0 aromatic rings. The van der Waals surface area contributed by atoms with E-state index < -0.39 is 49.5 Å². The Kier molecular flexibility index (Phi) is 6.57. The van der Waals surface area contributed by atoms with Gasteiger partial charge in [0, 0.05) is 11.8 Å². The second-order valence-electron chi connectivity index (χ2n) is 11.9. The highest BCUT2D eigenvalue weighted by Crippen LogP contribution is 2.65. The van der Waals surface area contributed by atoms with Crippen molar-refractivity contribution in [2.75, 3.05) is 6.61 Å². The molecule has 8 nitrogen and oxygen atoms in total. The molecule has 12 atom stereocenters. The molecular weight excluding hydrogens is 452 g/mol. The number of hydrogen-bond donors (Lipinski definition) is 5. The summed E-state index contributed by atoms with van der Waals surface area (Å²) in [5, 5.41) is 51.4. The first-order valence-electron chi connectivity index (χ1n) is 13.1. The van der Waals surface area contributed by atoms with Crippen molar-refractivity contribution >= 4 is 5.78 Å². The molecule has 0 aromatic heterocycles. The molecule has 1 saturated heterocycles. The lowest BCUT2D eigenvalue weighted by molar-refractivity contribution is -0.315. The molecule has 0 spiro atoms. The number of carbonyl (C=O) groups is 1. The van der Waals surface area contributed by atoms with E-state index in [1.165, 1.54) is 0 Å². The summed E-state index contributed by atoms with van der Waals surface area (Å²) in [6.45, 7) is 5.58. The average Bonchev–Trinajstić information content (AvgIpc) is 3.18. The molecule has 0 radical (unpaired) electrons. The maximum Gasteiger partial charge on any atom is 0.186 e. The lowest BCUT2D eigenvalue weighted by Crippen LogP contribution is -2.60. The van der Waals surface area contributed by atoms with Crippen LogP contribution in [-0.4, -0.2) is 80.8 Å². The Hall–Kier alpha value is -1.13. The van der Waals surface area contributed by atoms with Gasteiger partial charge in [-0.2, -0.15) is 0 Å². The van der Waals surface area contributed by atoms with Gasteiger partial charge in [-0.05, 0) is 67.8 Å². The third-order valence-corrected chi connectivity index (χ3v) is 10.3. The lowest BCUT2D eigenvalue weighted by atomic mass is 9.46. The fourth-order valence-electron chi connectivity index (χ4n) is 8.27. The third-order valence-electron chi connectivity index (χ3n) is 10.3. The summed E-state index contributed by atoms with van der Waals surface area (Å²) in [4.78, 5) is 12.3. The Morgan fingerprint density at radius 1 is 1.09 bits per heavy atom. The quantitative estimate of drug-likeness (QED) is 0.370. The maximum atomic E-state index is 12.3. The van der Waals surface area contributed by atoms with Crippen molar-refractivity contribution in [1.29, 1.82) is 0 Å². The number of Topliss-reactive ketones (excluding diaryl/α,β-unsaturated/α-hetero) is 1. The number of fused-ring (bicyclic) bond motifs is 5. The van der Waals surface area contributed by atoms with E-state index in [1.54, 1.807) is 6.92 Å². The SMILES string of the molecule is CC(=O)C1=CC[C@H]2[C@@H]3CC=C4C[C@@H](O[C@@H]5O[C@H](CO)[C@@H](O)[C@H](O)[C@H]5O)C[C@@H](O)[C@]4(C)[C@H]3CC[C@]12C. The van der Waals surface area contributed by atoms with Crippen molar-refractivity contribution in [3.05, 3.63) is 23.3 Å². The molecule has 3 fully saturated rings. The number of rotatable bonds is 4. The van der Waals surface area contributed by atoms with Crippen molar-refractivity contribution in [3.63, 3.8) is 0 Å². The molecule has 2 saturated carbocycles. The summed E-state index contributed by atoms with van der Waals surface area (Å²) in [5.74, 6) is 1.32. The zero-order valence-electron chi connectivity index (χ0n) is 20.8. The van der Waals surface area contributed by atoms with Crippen LogP contribution >= 0.6 is 0 Å². The van der Waals surface area contributed by atoms with Gasteiger partial charge in [-0.1, -0.05) is 31.6 Å². The van der Waals surface area contributed by atoms with E-state index in [1.807, 2.05) is 0 Å². The number of aliphatic hydroxyl groups excluding tert-OH is 5. The largest absolute Gasteiger partial charge is 0.394 e. The van der Waals surface area contributed by atoms with E-state index in [0.717, 1.165) is 36.8 Å². The summed E-state index contributed by atoms with van der Waals surface area (Å²) >= 11 is 0. The minimum atomic E-state index is -1.49. The highest BCUT2D eigenvalue weighted by Gasteiger charge is 2.60. The van der Waals surface area contributed by atoms with Gasteiger partial charge in [-0.3, -0.25) is 4.79 Å². The van der Waals surface area contributed by atoms with Gasteiger partial charge in [0.2, 0.25) is 0 Å². The van der Waals surface area contributed by atoms with Gasteiger partial charge >= 0.3 is 0 Å². The van der Waals surface area contributed by atoms with Gasteiger partial charge in [0.15, 0.2) is 12.1 Å². The molecule has 8 heteroatoms. The average molecular weight is 493 g/mol. The van der Waals surface area contributed by atoms with Gasteiger partial charge in [-0.15, -0.1) is 0 Å². The Labute approximate surface area is 206 Å². The van der Waals surface area contributed by atoms with Gasteiger partial charge in [0.05, 0.1) is 18.8 Å². The smallest absolute Gasteiger partial charge is 0.186 e. The van der Waals surface area contributed by atoms with Crippen LogP contribution in [0.3, 0.4) is 0 Å². The van der Waals surface area contributed by atoms with Crippen LogP contribution < -0.4 is 0 Å². The molecular formula is C27H40O8. The normalized spacial score (nSPS) is 51.5. The van der Waals surface area contributed by atoms with Crippen LogP contribution in [0.4, 0.5) is 0 Å². The van der Waals surface area contributed by atoms with E-state index in [4.69, 9.17) is 9.47 Å². The van der Waals surface area contributed by atoms with Crippen LogP contribution in [0.2, 0.25) is 0 Å². The van der Waals surface area contributed by atoms with Crippen molar-refractivity contribution in [2.45, 2.75) is 102 Å². The molecule has 0 unspecified atom stereocenters. The van der Waals surface area contributed by atoms with E-state index in [-0.39, 0.29) is 16.6 Å². The van der Waals surface area contributed by atoms with Crippen molar-refractivity contribution in [2.24, 2.45) is 28.6 Å². The minimum absolute atomic E-state index is 0.0803. The van der Waals surface area contributed by atoms with Gasteiger partial charge in [0.1, 0.15) is 24.4 Å². The zero-order chi connectivity index (χ0) is 25.3. The summed E-state index contributed by atoms with van der Waals surface area (Å²) in [6, 6.07) is 0. The van der Waals surface area contributed by atoms with Crippen LogP contribution in [0.25, 0.3) is 0 Å². The first kappa shape index (κ1) is 25.5. The fraction of sp³-hybridized carbons (Fsp3) is 0.815. The first-order valence-corrected chi connectivity index (χ1v) is 13.1. The molecule has 0 bridgehead atoms. The lowest BCUT2D eigenvalue weighted by Gasteiger charge is -2.59. The van der Waals surface area contributed by atoms with E-state index in [0.29, 0.717) is 30.6 Å². The fourth-order valence-corrected chi connectivity index (χ4v) is 8.27. The third kappa shape index (κ3) is 3.79. The highest BCUT2D eigenvalue weighted by molar-refractivity contribution is 5.95. The van der Waals surface area contributed by atoms with Crippen molar-refractivity contribution < 1.29 is 39.8 Å². The minimum Gasteiger partial charge on any atom is -0.394 e. The summed E-state index contributed by atoms with van der Waals surface area (Å²) in [5.41, 5.74) is 1.69. The summed E-state index contributed by atoms with van der Waals surface area (Å²) < 4.78 is 11.6. The van der Waals surface area contributed by atoms with Crippen LogP contribution in [-0.2, 0) is 14.3 Å². The molecule has 5 rings (SSSR count). The summed E-state index contributed by atoms with van der Waals surface area (Å²) in [7, 11) is 0. The molecule has 35 heavy (non-hydrogen) atoms. The Bertz CT molecular complexity index is 913. The number of carbonyl (C=O) groups excluding carboxylic acids is 1. The summed E-state index contributed by atoms with van der Waals surface area (Å²) in [6.07, 6.45) is 1.44. The monoisotopic (exact) mass is 492 g/mol. The topological polar surface area (TPSA) is 137 Å².